The zero-order valence-electron chi connectivity index (χ0n) is 10.4. The first-order valence-corrected chi connectivity index (χ1v) is 6.32. The van der Waals surface area contributed by atoms with E-state index in [1.165, 1.54) is 0 Å². The Bertz CT molecular complexity index is 131. The number of rotatable bonds is 11. The summed E-state index contributed by atoms with van der Waals surface area (Å²) in [6, 6.07) is 0. The lowest BCUT2D eigenvalue weighted by molar-refractivity contribution is 0.180. The minimum atomic E-state index is -0.0249. The molecule has 0 saturated heterocycles. The van der Waals surface area contributed by atoms with Crippen molar-refractivity contribution < 1.29 is 15.3 Å². The summed E-state index contributed by atoms with van der Waals surface area (Å²) in [4.78, 5) is 0. The molecule has 0 aliphatic rings. The van der Waals surface area contributed by atoms with Crippen LogP contribution in [0.25, 0.3) is 0 Å². The predicted molar refractivity (Wildman–Crippen MR) is 65.4 cm³/mol. The second kappa shape index (κ2) is 10.0. The van der Waals surface area contributed by atoms with Gasteiger partial charge < -0.3 is 20.6 Å². The molecular formula is C12H27NO3. The number of aliphatic hydroxyl groups is 3. The van der Waals surface area contributed by atoms with E-state index in [9.17, 15) is 0 Å². The van der Waals surface area contributed by atoms with Gasteiger partial charge in [-0.2, -0.15) is 0 Å². The highest BCUT2D eigenvalue weighted by Gasteiger charge is 2.27. The minimum Gasteiger partial charge on any atom is -0.396 e. The summed E-state index contributed by atoms with van der Waals surface area (Å²) in [5, 5.41) is 30.2. The highest BCUT2D eigenvalue weighted by molar-refractivity contribution is 4.87. The van der Waals surface area contributed by atoms with Gasteiger partial charge in [0.1, 0.15) is 0 Å². The number of hydrogen-bond donors (Lipinski definition) is 4. The summed E-state index contributed by atoms with van der Waals surface area (Å²) in [6.07, 6.45) is 5.00. The Hall–Kier alpha value is -0.160. The third-order valence-corrected chi connectivity index (χ3v) is 2.99. The van der Waals surface area contributed by atoms with Gasteiger partial charge in [0.15, 0.2) is 0 Å². The summed E-state index contributed by atoms with van der Waals surface area (Å²) < 4.78 is 0. The Morgan fingerprint density at radius 3 is 1.44 bits per heavy atom. The fraction of sp³-hybridized carbons (Fsp3) is 1.00. The van der Waals surface area contributed by atoms with Crippen LogP contribution in [0.1, 0.15) is 45.4 Å². The fourth-order valence-electron chi connectivity index (χ4n) is 2.27. The second-order valence-corrected chi connectivity index (χ2v) is 4.29. The molecule has 0 heterocycles. The van der Waals surface area contributed by atoms with Crippen LogP contribution < -0.4 is 5.32 Å². The van der Waals surface area contributed by atoms with Crippen molar-refractivity contribution in [3.8, 4) is 0 Å². The zero-order chi connectivity index (χ0) is 12.3. The molecule has 0 fully saturated rings. The molecule has 4 N–H and O–H groups in total. The van der Waals surface area contributed by atoms with Crippen LogP contribution in [0.2, 0.25) is 0 Å². The van der Waals surface area contributed by atoms with Crippen LogP contribution in [-0.4, -0.2) is 47.2 Å². The first-order chi connectivity index (χ1) is 7.74. The van der Waals surface area contributed by atoms with Crippen molar-refractivity contribution in [2.75, 3.05) is 26.4 Å². The van der Waals surface area contributed by atoms with Crippen molar-refractivity contribution in [2.24, 2.45) is 0 Å². The van der Waals surface area contributed by atoms with Gasteiger partial charge in [-0.3, -0.25) is 0 Å². The van der Waals surface area contributed by atoms with E-state index in [1.807, 2.05) is 0 Å². The quantitative estimate of drug-likeness (QED) is 0.423. The topological polar surface area (TPSA) is 72.7 Å². The van der Waals surface area contributed by atoms with Crippen LogP contribution in [0.4, 0.5) is 0 Å². The lowest BCUT2D eigenvalue weighted by Gasteiger charge is -2.35. The van der Waals surface area contributed by atoms with E-state index < -0.39 is 0 Å². The number of hydrogen-bond acceptors (Lipinski definition) is 4. The van der Waals surface area contributed by atoms with Gasteiger partial charge in [-0.1, -0.05) is 6.92 Å². The Kier molecular flexibility index (Phi) is 9.92. The van der Waals surface area contributed by atoms with Crippen molar-refractivity contribution in [1.29, 1.82) is 0 Å². The average molecular weight is 233 g/mol. The van der Waals surface area contributed by atoms with E-state index in [4.69, 9.17) is 15.3 Å². The average Bonchev–Trinajstić information content (AvgIpc) is 2.31. The van der Waals surface area contributed by atoms with Gasteiger partial charge in [0.25, 0.3) is 0 Å². The van der Waals surface area contributed by atoms with Gasteiger partial charge in [0, 0.05) is 25.4 Å². The highest BCUT2D eigenvalue weighted by Crippen LogP contribution is 2.25. The molecule has 4 heteroatoms. The van der Waals surface area contributed by atoms with E-state index in [-0.39, 0.29) is 25.4 Å². The molecule has 0 rings (SSSR count). The SMILES string of the molecule is CCNC(CCCO)(CCCO)CCCO. The van der Waals surface area contributed by atoms with Crippen LogP contribution in [0.15, 0.2) is 0 Å². The molecule has 4 nitrogen and oxygen atoms in total. The molecule has 0 spiro atoms. The van der Waals surface area contributed by atoms with Crippen LogP contribution in [-0.2, 0) is 0 Å². The number of nitrogens with one attached hydrogen (secondary N) is 1. The molecule has 0 amide bonds. The van der Waals surface area contributed by atoms with Crippen LogP contribution in [0.3, 0.4) is 0 Å². The molecule has 0 aromatic rings. The Morgan fingerprint density at radius 2 is 1.19 bits per heavy atom. The third-order valence-electron chi connectivity index (χ3n) is 2.99. The largest absolute Gasteiger partial charge is 0.396 e. The molecule has 0 radical (unpaired) electrons. The molecule has 0 aromatic carbocycles. The van der Waals surface area contributed by atoms with Gasteiger partial charge in [-0.25, -0.2) is 0 Å². The van der Waals surface area contributed by atoms with Gasteiger partial charge in [0.05, 0.1) is 0 Å². The molecule has 0 atom stereocenters. The minimum absolute atomic E-state index is 0.0249. The molecule has 0 aliphatic carbocycles. The molecule has 0 aliphatic heterocycles. The van der Waals surface area contributed by atoms with Gasteiger partial charge >= 0.3 is 0 Å². The fourth-order valence-corrected chi connectivity index (χ4v) is 2.27. The van der Waals surface area contributed by atoms with E-state index in [0.717, 1.165) is 45.1 Å². The predicted octanol–water partition coefficient (Wildman–Crippen LogP) is 0.652. The van der Waals surface area contributed by atoms with Crippen LogP contribution in [0, 0.1) is 0 Å². The third kappa shape index (κ3) is 6.43. The lowest BCUT2D eigenvalue weighted by Crippen LogP contribution is -2.45. The Labute approximate surface area is 98.7 Å². The first kappa shape index (κ1) is 15.8. The van der Waals surface area contributed by atoms with Crippen LogP contribution in [0.5, 0.6) is 0 Å². The summed E-state index contributed by atoms with van der Waals surface area (Å²) in [5.41, 5.74) is -0.0249. The standard InChI is InChI=1S/C12H27NO3/c1-2-13-12(6-3-9-14,7-4-10-15)8-5-11-16/h13-16H,2-11H2,1H3. The molecule has 98 valence electrons. The van der Waals surface area contributed by atoms with Crippen LogP contribution >= 0.6 is 0 Å². The van der Waals surface area contributed by atoms with Crippen molar-refractivity contribution in [1.82, 2.24) is 5.32 Å². The van der Waals surface area contributed by atoms with Gasteiger partial charge in [-0.05, 0) is 45.1 Å². The molecule has 16 heavy (non-hydrogen) atoms. The van der Waals surface area contributed by atoms with E-state index >= 15 is 0 Å². The lowest BCUT2D eigenvalue weighted by atomic mass is 9.84. The zero-order valence-corrected chi connectivity index (χ0v) is 10.4. The Morgan fingerprint density at radius 1 is 0.812 bits per heavy atom. The molecule has 0 bridgehead atoms. The summed E-state index contributed by atoms with van der Waals surface area (Å²) in [5.74, 6) is 0. The normalized spacial score (nSPS) is 12.0. The van der Waals surface area contributed by atoms with Crippen molar-refractivity contribution in [3.05, 3.63) is 0 Å². The maximum atomic E-state index is 8.92. The second-order valence-electron chi connectivity index (χ2n) is 4.29. The van der Waals surface area contributed by atoms with Gasteiger partial charge in [0.2, 0.25) is 0 Å². The summed E-state index contributed by atoms with van der Waals surface area (Å²) >= 11 is 0. The maximum absolute atomic E-state index is 8.92. The van der Waals surface area contributed by atoms with Crippen molar-refractivity contribution >= 4 is 0 Å². The smallest absolute Gasteiger partial charge is 0.0431 e. The molecule has 0 unspecified atom stereocenters. The highest BCUT2D eigenvalue weighted by atomic mass is 16.3. The molecule has 0 saturated carbocycles. The monoisotopic (exact) mass is 233 g/mol. The van der Waals surface area contributed by atoms with E-state index in [2.05, 4.69) is 12.2 Å². The maximum Gasteiger partial charge on any atom is 0.0431 e. The Balaban J connectivity index is 4.32. The molecular weight excluding hydrogens is 206 g/mol. The van der Waals surface area contributed by atoms with E-state index in [1.54, 1.807) is 0 Å². The summed E-state index contributed by atoms with van der Waals surface area (Å²) in [7, 11) is 0. The number of aliphatic hydroxyl groups excluding tert-OH is 3. The summed E-state index contributed by atoms with van der Waals surface area (Å²) in [6.45, 7) is 3.54. The molecule has 0 aromatic heterocycles. The first-order valence-electron chi connectivity index (χ1n) is 6.32. The van der Waals surface area contributed by atoms with Crippen molar-refractivity contribution in [2.45, 2.75) is 51.0 Å². The van der Waals surface area contributed by atoms with Gasteiger partial charge in [-0.15, -0.1) is 0 Å². The van der Waals surface area contributed by atoms with Crippen molar-refractivity contribution in [3.63, 3.8) is 0 Å². The van der Waals surface area contributed by atoms with E-state index in [0.29, 0.717) is 0 Å².